The number of rotatable bonds is 4. The van der Waals surface area contributed by atoms with Gasteiger partial charge in [0.15, 0.2) is 0 Å². The zero-order chi connectivity index (χ0) is 14.6. The molecule has 1 amide bonds. The first-order chi connectivity index (χ1) is 9.53. The van der Waals surface area contributed by atoms with Crippen molar-refractivity contribution in [3.05, 3.63) is 35.9 Å². The molecule has 1 atom stereocenters. The molecule has 0 aliphatic carbocycles. The monoisotopic (exact) mass is 274 g/mol. The van der Waals surface area contributed by atoms with Crippen LogP contribution in [0, 0.1) is 0 Å². The molecule has 0 radical (unpaired) electrons. The number of benzene rings is 1. The average molecular weight is 274 g/mol. The molecule has 1 aromatic carbocycles. The third kappa shape index (κ3) is 3.40. The van der Waals surface area contributed by atoms with Crippen LogP contribution in [0.4, 0.5) is 0 Å². The Labute approximate surface area is 122 Å². The highest BCUT2D eigenvalue weighted by molar-refractivity contribution is 5.86. The summed E-state index contributed by atoms with van der Waals surface area (Å²) in [5.41, 5.74) is 0.797. The minimum Gasteiger partial charge on any atom is -0.334 e. The van der Waals surface area contributed by atoms with E-state index in [0.29, 0.717) is 6.54 Å². The SMILES string of the molecule is CC(C)N(Cc1ccccc1)C(=O)C1(C)CCCCN1. The number of carbonyl (C=O) groups excluding carboxylic acids is 1. The fourth-order valence-corrected chi connectivity index (χ4v) is 2.82. The van der Waals surface area contributed by atoms with E-state index in [2.05, 4.69) is 38.2 Å². The van der Waals surface area contributed by atoms with Crippen LogP contribution in [0.25, 0.3) is 0 Å². The highest BCUT2D eigenvalue weighted by Gasteiger charge is 2.38. The summed E-state index contributed by atoms with van der Waals surface area (Å²) in [5.74, 6) is 0.232. The van der Waals surface area contributed by atoms with E-state index >= 15 is 0 Å². The van der Waals surface area contributed by atoms with Gasteiger partial charge in [0.2, 0.25) is 5.91 Å². The lowest BCUT2D eigenvalue weighted by molar-refractivity contribution is -0.141. The number of nitrogens with one attached hydrogen (secondary N) is 1. The van der Waals surface area contributed by atoms with Crippen LogP contribution in [-0.4, -0.2) is 28.9 Å². The molecule has 0 bridgehead atoms. The van der Waals surface area contributed by atoms with Gasteiger partial charge in [0.1, 0.15) is 0 Å². The molecule has 1 aliphatic heterocycles. The Kier molecular flexibility index (Phi) is 4.81. The third-order valence-corrected chi connectivity index (χ3v) is 4.17. The molecule has 0 spiro atoms. The van der Waals surface area contributed by atoms with Crippen LogP contribution in [0.5, 0.6) is 0 Å². The standard InChI is InChI=1S/C17H26N2O/c1-14(2)19(13-15-9-5-4-6-10-15)16(20)17(3)11-7-8-12-18-17/h4-6,9-10,14,18H,7-8,11-13H2,1-3H3. The number of nitrogens with zero attached hydrogens (tertiary/aromatic N) is 1. The van der Waals surface area contributed by atoms with E-state index in [1.165, 1.54) is 12.0 Å². The van der Waals surface area contributed by atoms with E-state index in [1.807, 2.05) is 23.1 Å². The maximum atomic E-state index is 12.9. The van der Waals surface area contributed by atoms with E-state index in [4.69, 9.17) is 0 Å². The maximum absolute atomic E-state index is 12.9. The normalized spacial score (nSPS) is 22.8. The summed E-state index contributed by atoms with van der Waals surface area (Å²) in [6.07, 6.45) is 3.24. The Morgan fingerprint density at radius 3 is 2.55 bits per heavy atom. The second kappa shape index (κ2) is 6.40. The Bertz CT molecular complexity index is 436. The predicted octanol–water partition coefficient (Wildman–Crippen LogP) is 2.96. The number of carbonyl (C=O) groups is 1. The molecule has 0 aromatic heterocycles. The zero-order valence-corrected chi connectivity index (χ0v) is 12.9. The van der Waals surface area contributed by atoms with Gasteiger partial charge in [-0.2, -0.15) is 0 Å². The Morgan fingerprint density at radius 2 is 2.00 bits per heavy atom. The van der Waals surface area contributed by atoms with Gasteiger partial charge in [-0.15, -0.1) is 0 Å². The lowest BCUT2D eigenvalue weighted by Crippen LogP contribution is -2.59. The molecule has 3 heteroatoms. The van der Waals surface area contributed by atoms with Gasteiger partial charge in [-0.3, -0.25) is 4.79 Å². The summed E-state index contributed by atoms with van der Waals surface area (Å²) >= 11 is 0. The molecule has 1 aliphatic rings. The van der Waals surface area contributed by atoms with Gasteiger partial charge in [0.25, 0.3) is 0 Å². The van der Waals surface area contributed by atoms with Crippen molar-refractivity contribution in [3.63, 3.8) is 0 Å². The first-order valence-corrected chi connectivity index (χ1v) is 7.63. The molecule has 3 nitrogen and oxygen atoms in total. The summed E-state index contributed by atoms with van der Waals surface area (Å²) in [6.45, 7) is 7.86. The highest BCUT2D eigenvalue weighted by atomic mass is 16.2. The average Bonchev–Trinajstić information content (AvgIpc) is 2.45. The topological polar surface area (TPSA) is 32.3 Å². The summed E-state index contributed by atoms with van der Waals surface area (Å²) in [5, 5.41) is 3.43. The minimum atomic E-state index is -0.392. The van der Waals surface area contributed by atoms with Crippen LogP contribution in [0.3, 0.4) is 0 Å². The summed E-state index contributed by atoms with van der Waals surface area (Å²) in [6, 6.07) is 10.4. The smallest absolute Gasteiger partial charge is 0.243 e. The predicted molar refractivity (Wildman–Crippen MR) is 82.4 cm³/mol. The van der Waals surface area contributed by atoms with Gasteiger partial charge < -0.3 is 10.2 Å². The van der Waals surface area contributed by atoms with Gasteiger partial charge in [-0.05, 0) is 52.1 Å². The van der Waals surface area contributed by atoms with Crippen molar-refractivity contribution in [2.75, 3.05) is 6.54 Å². The van der Waals surface area contributed by atoms with Gasteiger partial charge in [0.05, 0.1) is 5.54 Å². The van der Waals surface area contributed by atoms with Crippen LogP contribution in [0.2, 0.25) is 0 Å². The van der Waals surface area contributed by atoms with Crippen molar-refractivity contribution in [1.82, 2.24) is 10.2 Å². The first-order valence-electron chi connectivity index (χ1n) is 7.63. The molecule has 1 aromatic rings. The van der Waals surface area contributed by atoms with Crippen molar-refractivity contribution >= 4 is 5.91 Å². The van der Waals surface area contributed by atoms with E-state index in [1.54, 1.807) is 0 Å². The van der Waals surface area contributed by atoms with Gasteiger partial charge in [-0.1, -0.05) is 30.3 Å². The second-order valence-electron chi connectivity index (χ2n) is 6.23. The van der Waals surface area contributed by atoms with Crippen LogP contribution in [0.1, 0.15) is 45.6 Å². The van der Waals surface area contributed by atoms with Gasteiger partial charge in [0, 0.05) is 12.6 Å². The molecule has 110 valence electrons. The molecule has 1 fully saturated rings. The van der Waals surface area contributed by atoms with Crippen molar-refractivity contribution in [1.29, 1.82) is 0 Å². The van der Waals surface area contributed by atoms with Crippen LogP contribution in [-0.2, 0) is 11.3 Å². The Balaban J connectivity index is 2.13. The maximum Gasteiger partial charge on any atom is 0.243 e. The molecule has 20 heavy (non-hydrogen) atoms. The van der Waals surface area contributed by atoms with Crippen molar-refractivity contribution in [2.24, 2.45) is 0 Å². The largest absolute Gasteiger partial charge is 0.334 e. The number of hydrogen-bond donors (Lipinski definition) is 1. The van der Waals surface area contributed by atoms with Crippen LogP contribution >= 0.6 is 0 Å². The van der Waals surface area contributed by atoms with Crippen LogP contribution in [0.15, 0.2) is 30.3 Å². The Morgan fingerprint density at radius 1 is 1.30 bits per heavy atom. The fraction of sp³-hybridized carbons (Fsp3) is 0.588. The van der Waals surface area contributed by atoms with Crippen molar-refractivity contribution < 1.29 is 4.79 Å². The van der Waals surface area contributed by atoms with E-state index < -0.39 is 5.54 Å². The molecule has 1 saturated heterocycles. The molecular formula is C17H26N2O. The molecule has 1 N–H and O–H groups in total. The lowest BCUT2D eigenvalue weighted by atomic mass is 9.89. The number of amides is 1. The minimum absolute atomic E-state index is 0.211. The van der Waals surface area contributed by atoms with Crippen molar-refractivity contribution in [2.45, 2.75) is 58.2 Å². The molecule has 1 heterocycles. The lowest BCUT2D eigenvalue weighted by Gasteiger charge is -2.39. The molecule has 2 rings (SSSR count). The number of hydrogen-bond acceptors (Lipinski definition) is 2. The van der Waals surface area contributed by atoms with E-state index in [0.717, 1.165) is 19.4 Å². The summed E-state index contributed by atoms with van der Waals surface area (Å²) in [4.78, 5) is 14.9. The summed E-state index contributed by atoms with van der Waals surface area (Å²) in [7, 11) is 0. The Hall–Kier alpha value is -1.35. The van der Waals surface area contributed by atoms with Crippen molar-refractivity contribution in [3.8, 4) is 0 Å². The van der Waals surface area contributed by atoms with E-state index in [9.17, 15) is 4.79 Å². The fourth-order valence-electron chi connectivity index (χ4n) is 2.82. The van der Waals surface area contributed by atoms with Crippen LogP contribution < -0.4 is 5.32 Å². The highest BCUT2D eigenvalue weighted by Crippen LogP contribution is 2.23. The van der Waals surface area contributed by atoms with Gasteiger partial charge in [-0.25, -0.2) is 0 Å². The first kappa shape index (κ1) is 15.0. The third-order valence-electron chi connectivity index (χ3n) is 4.17. The molecule has 1 unspecified atom stereocenters. The van der Waals surface area contributed by atoms with Gasteiger partial charge >= 0.3 is 0 Å². The molecular weight excluding hydrogens is 248 g/mol. The number of piperidine rings is 1. The zero-order valence-electron chi connectivity index (χ0n) is 12.9. The second-order valence-corrected chi connectivity index (χ2v) is 6.23. The quantitative estimate of drug-likeness (QED) is 0.915. The molecule has 0 saturated carbocycles. The van der Waals surface area contributed by atoms with E-state index in [-0.39, 0.29) is 11.9 Å². The summed E-state index contributed by atoms with van der Waals surface area (Å²) < 4.78 is 0.